The first-order chi connectivity index (χ1) is 14.8. The number of rotatable bonds is 6. The molecule has 0 aliphatic carbocycles. The lowest BCUT2D eigenvalue weighted by Gasteiger charge is -2.24. The van der Waals surface area contributed by atoms with Gasteiger partial charge in [-0.05, 0) is 49.9 Å². The number of amides is 1. The van der Waals surface area contributed by atoms with E-state index in [2.05, 4.69) is 5.32 Å². The molecule has 0 heterocycles. The highest BCUT2D eigenvalue weighted by atomic mass is 32.2. The predicted molar refractivity (Wildman–Crippen MR) is 101 cm³/mol. The maximum atomic E-state index is 14.3. The van der Waals surface area contributed by atoms with Gasteiger partial charge in [-0.3, -0.25) is 4.79 Å². The Bertz CT molecular complexity index is 1120. The fourth-order valence-corrected chi connectivity index (χ4v) is 3.00. The number of nitrogens with zero attached hydrogens (tertiary/aromatic N) is 2. The van der Waals surface area contributed by atoms with E-state index >= 15 is 0 Å². The molecule has 1 N–H and O–H groups in total. The molecule has 0 saturated heterocycles. The molecule has 1 amide bonds. The predicted octanol–water partition coefficient (Wildman–Crippen LogP) is 4.99. The normalized spacial score (nSPS) is 12.9. The maximum Gasteiger partial charge on any atom is 0.446 e. The van der Waals surface area contributed by atoms with Crippen LogP contribution in [0.3, 0.4) is 0 Å². The third-order valence-electron chi connectivity index (χ3n) is 4.10. The Hall–Kier alpha value is -3.38. The summed E-state index contributed by atoms with van der Waals surface area (Å²) in [6.45, 7) is 1.48. The van der Waals surface area contributed by atoms with Gasteiger partial charge in [0.25, 0.3) is 5.91 Å². The summed E-state index contributed by atoms with van der Waals surface area (Å²) in [5.41, 5.74) is -8.16. The summed E-state index contributed by atoms with van der Waals surface area (Å²) in [7, 11) is 0. The van der Waals surface area contributed by atoms with Crippen LogP contribution in [0.2, 0.25) is 0 Å². The molecule has 0 aromatic heterocycles. The number of alkyl halides is 3. The van der Waals surface area contributed by atoms with E-state index < -0.39 is 57.9 Å². The molecule has 0 radical (unpaired) electrons. The summed E-state index contributed by atoms with van der Waals surface area (Å²) >= 11 is -0.367. The second-order valence-corrected chi connectivity index (χ2v) is 7.78. The molecule has 2 aromatic rings. The van der Waals surface area contributed by atoms with Gasteiger partial charge < -0.3 is 10.1 Å². The van der Waals surface area contributed by atoms with Crippen LogP contribution in [0.4, 0.5) is 26.3 Å². The number of thioether (sulfide) groups is 1. The first kappa shape index (κ1) is 24.9. The maximum absolute atomic E-state index is 14.3. The molecule has 0 bridgehead atoms. The molecule has 0 saturated carbocycles. The number of halogens is 6. The van der Waals surface area contributed by atoms with Crippen molar-refractivity contribution in [2.24, 2.45) is 0 Å². The molecule has 5 nitrogen and oxygen atoms in total. The fraction of sp³-hybridized carbons (Fsp3) is 0.250. The summed E-state index contributed by atoms with van der Waals surface area (Å²) in [5, 5.41) is 20.5. The van der Waals surface area contributed by atoms with Gasteiger partial charge in [0.05, 0.1) is 6.07 Å². The standard InChI is InChI=1S/C20H13F6N3O2S/c1-10-14(21)15(22)13(7-27)16(23)17(10)31-9-19(2,8-28)29-18(30)11-3-5-12(6-4-11)32-20(24,25)26/h3-6H,9H2,1-2H3,(H,29,30)/t19-/m0/s1. The SMILES string of the molecule is Cc1c(F)c(F)c(C#N)c(F)c1OC[C@](C)(C#N)NC(=O)c1ccc(SC(F)(F)F)cc1. The van der Waals surface area contributed by atoms with Crippen LogP contribution in [0.15, 0.2) is 29.2 Å². The average Bonchev–Trinajstić information content (AvgIpc) is 2.72. The van der Waals surface area contributed by atoms with Crippen LogP contribution in [-0.4, -0.2) is 23.6 Å². The van der Waals surface area contributed by atoms with E-state index in [0.717, 1.165) is 31.2 Å². The topological polar surface area (TPSA) is 85.9 Å². The second kappa shape index (κ2) is 9.40. The molecular formula is C20H13F6N3O2S. The van der Waals surface area contributed by atoms with Crippen LogP contribution >= 0.6 is 11.8 Å². The van der Waals surface area contributed by atoms with Gasteiger partial charge in [0, 0.05) is 16.0 Å². The molecule has 2 rings (SSSR count). The Kier molecular flexibility index (Phi) is 7.31. The molecule has 0 spiro atoms. The minimum atomic E-state index is -4.50. The lowest BCUT2D eigenvalue weighted by atomic mass is 10.0. The van der Waals surface area contributed by atoms with Crippen LogP contribution < -0.4 is 10.1 Å². The minimum absolute atomic E-state index is 0.0695. The third kappa shape index (κ3) is 5.65. The Balaban J connectivity index is 2.19. The first-order valence-corrected chi connectivity index (χ1v) is 9.43. The number of carbonyl (C=O) groups is 1. The molecule has 0 unspecified atom stereocenters. The Morgan fingerprint density at radius 3 is 2.19 bits per heavy atom. The van der Waals surface area contributed by atoms with Crippen molar-refractivity contribution in [1.82, 2.24) is 5.32 Å². The zero-order chi connectivity index (χ0) is 24.3. The summed E-state index contributed by atoms with van der Waals surface area (Å²) in [6, 6.07) is 7.25. The van der Waals surface area contributed by atoms with Gasteiger partial charge in [0.1, 0.15) is 18.2 Å². The van der Waals surface area contributed by atoms with Crippen molar-refractivity contribution in [3.63, 3.8) is 0 Å². The highest BCUT2D eigenvalue weighted by Gasteiger charge is 2.32. The molecular weight excluding hydrogens is 460 g/mol. The second-order valence-electron chi connectivity index (χ2n) is 6.64. The zero-order valence-electron chi connectivity index (χ0n) is 16.4. The van der Waals surface area contributed by atoms with Crippen molar-refractivity contribution in [2.45, 2.75) is 29.8 Å². The molecule has 0 aliphatic rings. The smallest absolute Gasteiger partial charge is 0.446 e. The Labute approximate surface area is 182 Å². The van der Waals surface area contributed by atoms with E-state index in [1.54, 1.807) is 6.07 Å². The largest absolute Gasteiger partial charge is 0.486 e. The van der Waals surface area contributed by atoms with Crippen LogP contribution in [0, 0.1) is 47.0 Å². The quantitative estimate of drug-likeness (QED) is 0.363. The lowest BCUT2D eigenvalue weighted by Crippen LogP contribution is -2.49. The van der Waals surface area contributed by atoms with Crippen LogP contribution in [0.5, 0.6) is 5.75 Å². The minimum Gasteiger partial charge on any atom is -0.486 e. The zero-order valence-corrected chi connectivity index (χ0v) is 17.2. The van der Waals surface area contributed by atoms with E-state index in [0.29, 0.717) is 0 Å². The van der Waals surface area contributed by atoms with Gasteiger partial charge in [0.2, 0.25) is 0 Å². The van der Waals surface area contributed by atoms with Gasteiger partial charge in [-0.25, -0.2) is 13.2 Å². The number of nitrogens with one attached hydrogen (secondary N) is 1. The number of hydrogen-bond acceptors (Lipinski definition) is 5. The van der Waals surface area contributed by atoms with Crippen molar-refractivity contribution in [2.75, 3.05) is 6.61 Å². The van der Waals surface area contributed by atoms with E-state index in [1.807, 2.05) is 0 Å². The van der Waals surface area contributed by atoms with Gasteiger partial charge in [-0.15, -0.1) is 0 Å². The molecule has 168 valence electrons. The molecule has 12 heteroatoms. The van der Waals surface area contributed by atoms with Gasteiger partial charge in [-0.1, -0.05) is 0 Å². The number of nitriles is 2. The van der Waals surface area contributed by atoms with E-state index in [9.17, 15) is 36.4 Å². The highest BCUT2D eigenvalue weighted by Crippen LogP contribution is 2.36. The fourth-order valence-electron chi connectivity index (χ4n) is 2.46. The number of hydrogen-bond donors (Lipinski definition) is 1. The Morgan fingerprint density at radius 2 is 1.69 bits per heavy atom. The van der Waals surface area contributed by atoms with Crippen molar-refractivity contribution >= 4 is 17.7 Å². The van der Waals surface area contributed by atoms with Gasteiger partial charge in [0.15, 0.2) is 28.7 Å². The summed E-state index contributed by atoms with van der Waals surface area (Å²) in [6.07, 6.45) is 0. The molecule has 1 atom stereocenters. The van der Waals surface area contributed by atoms with Crippen LogP contribution in [0.1, 0.15) is 28.4 Å². The van der Waals surface area contributed by atoms with E-state index in [4.69, 9.17) is 10.00 Å². The van der Waals surface area contributed by atoms with E-state index in [1.165, 1.54) is 13.0 Å². The number of carbonyl (C=O) groups excluding carboxylic acids is 1. The van der Waals surface area contributed by atoms with Crippen LogP contribution in [0.25, 0.3) is 0 Å². The van der Waals surface area contributed by atoms with E-state index in [-0.39, 0.29) is 22.2 Å². The highest BCUT2D eigenvalue weighted by molar-refractivity contribution is 8.00. The summed E-state index contributed by atoms with van der Waals surface area (Å²) in [5.74, 6) is -6.30. The van der Waals surface area contributed by atoms with Crippen molar-refractivity contribution < 1.29 is 35.9 Å². The number of benzene rings is 2. The van der Waals surface area contributed by atoms with Crippen molar-refractivity contribution in [3.05, 3.63) is 58.4 Å². The average molecular weight is 473 g/mol. The Morgan fingerprint density at radius 1 is 1.09 bits per heavy atom. The lowest BCUT2D eigenvalue weighted by molar-refractivity contribution is -0.0328. The summed E-state index contributed by atoms with van der Waals surface area (Å²) in [4.78, 5) is 12.2. The van der Waals surface area contributed by atoms with Crippen molar-refractivity contribution in [1.29, 1.82) is 10.5 Å². The number of ether oxygens (including phenoxy) is 1. The monoisotopic (exact) mass is 473 g/mol. The third-order valence-corrected chi connectivity index (χ3v) is 4.84. The first-order valence-electron chi connectivity index (χ1n) is 8.61. The molecule has 32 heavy (non-hydrogen) atoms. The van der Waals surface area contributed by atoms with Crippen LogP contribution in [-0.2, 0) is 0 Å². The van der Waals surface area contributed by atoms with Gasteiger partial charge in [-0.2, -0.15) is 23.7 Å². The summed E-state index contributed by atoms with van der Waals surface area (Å²) < 4.78 is 84.2. The van der Waals surface area contributed by atoms with Gasteiger partial charge >= 0.3 is 5.51 Å². The molecule has 0 fully saturated rings. The molecule has 0 aliphatic heterocycles. The van der Waals surface area contributed by atoms with Crippen molar-refractivity contribution in [3.8, 4) is 17.9 Å². The molecule has 2 aromatic carbocycles.